The molecule has 2 fully saturated rings. The Bertz CT molecular complexity index is 646. The van der Waals surface area contributed by atoms with Crippen LogP contribution in [0.1, 0.15) is 48.8 Å². The maximum Gasteiger partial charge on any atom is 0.223 e. The smallest absolute Gasteiger partial charge is 0.223 e. The van der Waals surface area contributed by atoms with Crippen LogP contribution in [0.2, 0.25) is 0 Å². The molecule has 1 aromatic carbocycles. The summed E-state index contributed by atoms with van der Waals surface area (Å²) >= 11 is 0. The number of likely N-dealkylation sites (tertiary alicyclic amines) is 1. The van der Waals surface area contributed by atoms with Crippen molar-refractivity contribution in [1.29, 1.82) is 0 Å². The van der Waals surface area contributed by atoms with Gasteiger partial charge in [-0.25, -0.2) is 0 Å². The first-order valence-electron chi connectivity index (χ1n) is 8.67. The summed E-state index contributed by atoms with van der Waals surface area (Å²) < 4.78 is 5.51. The number of furan rings is 1. The zero-order valence-corrected chi connectivity index (χ0v) is 13.4. The Labute approximate surface area is 137 Å². The molecule has 1 aromatic heterocycles. The van der Waals surface area contributed by atoms with Crippen molar-refractivity contribution in [2.24, 2.45) is 5.92 Å². The normalized spacial score (nSPS) is 22.3. The molecule has 23 heavy (non-hydrogen) atoms. The number of nitrogens with zero attached hydrogens (tertiary/aromatic N) is 1. The van der Waals surface area contributed by atoms with Gasteiger partial charge in [0.25, 0.3) is 0 Å². The first kappa shape index (κ1) is 14.6. The molecule has 2 heterocycles. The van der Waals surface area contributed by atoms with Gasteiger partial charge in [-0.3, -0.25) is 4.79 Å². The van der Waals surface area contributed by atoms with E-state index in [9.17, 15) is 4.79 Å². The minimum Gasteiger partial charge on any atom is -0.469 e. The molecule has 2 aromatic rings. The van der Waals surface area contributed by atoms with E-state index in [1.54, 1.807) is 6.26 Å². The Morgan fingerprint density at radius 2 is 1.96 bits per heavy atom. The Kier molecular flexibility index (Phi) is 3.94. The van der Waals surface area contributed by atoms with Crippen LogP contribution in [-0.4, -0.2) is 23.9 Å². The molecule has 4 rings (SSSR count). The molecule has 3 nitrogen and oxygen atoms in total. The zero-order valence-electron chi connectivity index (χ0n) is 13.4. The molecule has 1 saturated carbocycles. The van der Waals surface area contributed by atoms with Crippen LogP contribution in [0.3, 0.4) is 0 Å². The van der Waals surface area contributed by atoms with E-state index in [1.165, 1.54) is 18.4 Å². The van der Waals surface area contributed by atoms with Crippen molar-refractivity contribution in [1.82, 2.24) is 4.90 Å². The lowest BCUT2D eigenvalue weighted by molar-refractivity contribution is -0.130. The highest BCUT2D eigenvalue weighted by Gasteiger charge is 2.36. The highest BCUT2D eigenvalue weighted by Crippen LogP contribution is 2.45. The van der Waals surface area contributed by atoms with Crippen molar-refractivity contribution < 1.29 is 9.21 Å². The molecule has 0 radical (unpaired) electrons. The van der Waals surface area contributed by atoms with Gasteiger partial charge in [0, 0.05) is 25.4 Å². The number of amides is 1. The Hall–Kier alpha value is -2.03. The monoisotopic (exact) mass is 309 g/mol. The van der Waals surface area contributed by atoms with Crippen LogP contribution >= 0.6 is 0 Å². The minimum atomic E-state index is 0.305. The fraction of sp³-hybridized carbons (Fsp3) is 0.450. The topological polar surface area (TPSA) is 33.5 Å². The molecule has 1 aliphatic heterocycles. The summed E-state index contributed by atoms with van der Waals surface area (Å²) in [4.78, 5) is 14.8. The number of benzene rings is 1. The van der Waals surface area contributed by atoms with Crippen LogP contribution in [0.5, 0.6) is 0 Å². The van der Waals surface area contributed by atoms with Crippen molar-refractivity contribution in [3.63, 3.8) is 0 Å². The summed E-state index contributed by atoms with van der Waals surface area (Å²) in [5.41, 5.74) is 1.32. The number of carbonyl (C=O) groups excluding carboxylic acids is 1. The van der Waals surface area contributed by atoms with Gasteiger partial charge in [-0.1, -0.05) is 30.3 Å². The quantitative estimate of drug-likeness (QED) is 0.830. The molecular weight excluding hydrogens is 286 g/mol. The molecule has 120 valence electrons. The Morgan fingerprint density at radius 3 is 2.65 bits per heavy atom. The third-order valence-electron chi connectivity index (χ3n) is 5.30. The van der Waals surface area contributed by atoms with E-state index in [4.69, 9.17) is 4.42 Å². The van der Waals surface area contributed by atoms with Gasteiger partial charge in [0.15, 0.2) is 0 Å². The first-order chi connectivity index (χ1) is 11.3. The third kappa shape index (κ3) is 3.19. The van der Waals surface area contributed by atoms with Gasteiger partial charge in [0.2, 0.25) is 5.91 Å². The van der Waals surface area contributed by atoms with Gasteiger partial charge in [0.1, 0.15) is 5.76 Å². The second-order valence-corrected chi connectivity index (χ2v) is 6.90. The number of hydrogen-bond donors (Lipinski definition) is 0. The molecular formula is C20H23NO2. The number of hydrogen-bond acceptors (Lipinski definition) is 2. The van der Waals surface area contributed by atoms with E-state index in [0.29, 0.717) is 30.1 Å². The van der Waals surface area contributed by atoms with Crippen LogP contribution < -0.4 is 0 Å². The van der Waals surface area contributed by atoms with Crippen molar-refractivity contribution in [2.45, 2.75) is 37.5 Å². The summed E-state index contributed by atoms with van der Waals surface area (Å²) in [5.74, 6) is 2.78. The molecule has 1 amide bonds. The number of carbonyl (C=O) groups is 1. The predicted molar refractivity (Wildman–Crippen MR) is 89.2 cm³/mol. The van der Waals surface area contributed by atoms with E-state index in [-0.39, 0.29) is 0 Å². The van der Waals surface area contributed by atoms with E-state index < -0.39 is 0 Å². The summed E-state index contributed by atoms with van der Waals surface area (Å²) in [6, 6.07) is 14.5. The SMILES string of the molecule is O=C(CC(c1ccccc1)C1CC1)N1CCC(c2ccco2)C1. The minimum absolute atomic E-state index is 0.305. The summed E-state index contributed by atoms with van der Waals surface area (Å²) in [7, 11) is 0. The van der Waals surface area contributed by atoms with E-state index >= 15 is 0 Å². The molecule has 2 unspecified atom stereocenters. The van der Waals surface area contributed by atoms with Crippen LogP contribution in [0.25, 0.3) is 0 Å². The van der Waals surface area contributed by atoms with Crippen LogP contribution in [0, 0.1) is 5.92 Å². The Balaban J connectivity index is 1.41. The second-order valence-electron chi connectivity index (χ2n) is 6.90. The van der Waals surface area contributed by atoms with Crippen molar-refractivity contribution >= 4 is 5.91 Å². The molecule has 1 aliphatic carbocycles. The van der Waals surface area contributed by atoms with E-state index in [1.807, 2.05) is 23.1 Å². The molecule has 2 atom stereocenters. The molecule has 0 spiro atoms. The first-order valence-corrected chi connectivity index (χ1v) is 8.67. The van der Waals surface area contributed by atoms with Gasteiger partial charge in [0.05, 0.1) is 6.26 Å². The summed E-state index contributed by atoms with van der Waals surface area (Å²) in [6.07, 6.45) is 5.92. The molecule has 2 aliphatic rings. The number of rotatable bonds is 5. The lowest BCUT2D eigenvalue weighted by Gasteiger charge is -2.21. The van der Waals surface area contributed by atoms with Crippen LogP contribution in [-0.2, 0) is 4.79 Å². The van der Waals surface area contributed by atoms with Crippen LogP contribution in [0.15, 0.2) is 53.1 Å². The average Bonchev–Trinajstić information content (AvgIpc) is 3.08. The van der Waals surface area contributed by atoms with Gasteiger partial charge in [-0.2, -0.15) is 0 Å². The van der Waals surface area contributed by atoms with Crippen LogP contribution in [0.4, 0.5) is 0 Å². The van der Waals surface area contributed by atoms with Crippen molar-refractivity contribution in [3.8, 4) is 0 Å². The fourth-order valence-corrected chi connectivity index (χ4v) is 3.82. The fourth-order valence-electron chi connectivity index (χ4n) is 3.82. The zero-order chi connectivity index (χ0) is 15.6. The lowest BCUT2D eigenvalue weighted by atomic mass is 9.90. The summed E-state index contributed by atoms with van der Waals surface area (Å²) in [6.45, 7) is 1.66. The van der Waals surface area contributed by atoms with Gasteiger partial charge in [-0.05, 0) is 48.8 Å². The standard InChI is InChI=1S/C20H23NO2/c22-20(21-11-10-17(14-21)19-7-4-12-23-19)13-18(16-8-9-16)15-5-2-1-3-6-15/h1-7,12,16-18H,8-11,13-14H2. The highest BCUT2D eigenvalue weighted by molar-refractivity contribution is 5.77. The lowest BCUT2D eigenvalue weighted by Crippen LogP contribution is -2.30. The Morgan fingerprint density at radius 1 is 1.13 bits per heavy atom. The van der Waals surface area contributed by atoms with Gasteiger partial charge < -0.3 is 9.32 Å². The third-order valence-corrected chi connectivity index (χ3v) is 5.30. The average molecular weight is 309 g/mol. The van der Waals surface area contributed by atoms with E-state index in [0.717, 1.165) is 25.3 Å². The van der Waals surface area contributed by atoms with Gasteiger partial charge >= 0.3 is 0 Å². The van der Waals surface area contributed by atoms with Crippen molar-refractivity contribution in [3.05, 3.63) is 60.1 Å². The maximum absolute atomic E-state index is 12.8. The predicted octanol–water partition coefficient (Wildman–Crippen LogP) is 4.18. The maximum atomic E-state index is 12.8. The van der Waals surface area contributed by atoms with E-state index in [2.05, 4.69) is 24.3 Å². The summed E-state index contributed by atoms with van der Waals surface area (Å²) in [5, 5.41) is 0. The molecule has 0 bridgehead atoms. The molecule has 1 saturated heterocycles. The highest BCUT2D eigenvalue weighted by atomic mass is 16.3. The molecule has 0 N–H and O–H groups in total. The molecule has 3 heteroatoms. The van der Waals surface area contributed by atoms with Crippen molar-refractivity contribution in [2.75, 3.05) is 13.1 Å². The largest absolute Gasteiger partial charge is 0.469 e. The van der Waals surface area contributed by atoms with Gasteiger partial charge in [-0.15, -0.1) is 0 Å². The second kappa shape index (κ2) is 6.23.